The number of anilines is 2. The van der Waals surface area contributed by atoms with Crippen molar-refractivity contribution in [3.63, 3.8) is 0 Å². The first-order valence-electron chi connectivity index (χ1n) is 13.5. The van der Waals surface area contributed by atoms with E-state index in [1.54, 1.807) is 4.57 Å². The third-order valence-corrected chi connectivity index (χ3v) is 11.5. The molecule has 0 aromatic carbocycles. The molecular formula is C21H23ClN10O10P2S2. The van der Waals surface area contributed by atoms with E-state index in [4.69, 9.17) is 50.6 Å². The summed E-state index contributed by atoms with van der Waals surface area (Å²) in [6.45, 7) is -9.32. The van der Waals surface area contributed by atoms with Crippen LogP contribution in [-0.2, 0) is 36.7 Å². The van der Waals surface area contributed by atoms with E-state index >= 15 is 0 Å². The highest BCUT2D eigenvalue weighted by atomic mass is 35.5. The lowest BCUT2D eigenvalue weighted by Gasteiger charge is -2.28. The van der Waals surface area contributed by atoms with Crippen LogP contribution in [0.4, 0.5) is 11.8 Å². The van der Waals surface area contributed by atoms with Gasteiger partial charge in [0.15, 0.2) is 28.9 Å². The van der Waals surface area contributed by atoms with Crippen LogP contribution >= 0.6 is 49.7 Å². The van der Waals surface area contributed by atoms with Gasteiger partial charge in [-0.3, -0.25) is 32.4 Å². The Kier molecular flexibility index (Phi) is 7.30. The van der Waals surface area contributed by atoms with E-state index in [0.717, 1.165) is 0 Å². The molecule has 20 nitrogen and oxygen atoms in total. The lowest BCUT2D eigenvalue weighted by molar-refractivity contribution is -0.0564. The number of aromatic amines is 1. The van der Waals surface area contributed by atoms with Crippen molar-refractivity contribution in [1.29, 1.82) is 0 Å². The van der Waals surface area contributed by atoms with E-state index < -0.39 is 74.5 Å². The number of aliphatic hydroxyl groups is 1. The van der Waals surface area contributed by atoms with Gasteiger partial charge in [0, 0.05) is 5.92 Å². The summed E-state index contributed by atoms with van der Waals surface area (Å²) in [7, 11) is 0. The van der Waals surface area contributed by atoms with Crippen molar-refractivity contribution in [3.05, 3.63) is 28.3 Å². The van der Waals surface area contributed by atoms with Crippen LogP contribution < -0.4 is 17.0 Å². The Morgan fingerprint density at radius 1 is 0.913 bits per heavy atom. The van der Waals surface area contributed by atoms with Crippen molar-refractivity contribution in [3.8, 4) is 0 Å². The number of imidazole rings is 2. The molecule has 3 aliphatic heterocycles. The summed E-state index contributed by atoms with van der Waals surface area (Å²) < 4.78 is 65.0. The van der Waals surface area contributed by atoms with Crippen LogP contribution in [0.5, 0.6) is 0 Å². The zero-order valence-electron chi connectivity index (χ0n) is 22.8. The maximum atomic E-state index is 13.6. The van der Waals surface area contributed by atoms with Gasteiger partial charge in [0.05, 0.1) is 38.0 Å². The molecule has 25 heteroatoms. The van der Waals surface area contributed by atoms with Crippen LogP contribution in [0.1, 0.15) is 12.3 Å². The lowest BCUT2D eigenvalue weighted by Crippen LogP contribution is -2.35. The van der Waals surface area contributed by atoms with Crippen molar-refractivity contribution < 1.29 is 41.8 Å². The molecule has 1 aliphatic carbocycles. The largest absolute Gasteiger partial charge is 0.387 e. The highest BCUT2D eigenvalue weighted by Gasteiger charge is 2.67. The number of thiol groups is 2. The minimum absolute atomic E-state index is 0.00841. The molecule has 7 heterocycles. The highest BCUT2D eigenvalue weighted by Crippen LogP contribution is 2.65. The van der Waals surface area contributed by atoms with Gasteiger partial charge < -0.3 is 30.6 Å². The first kappa shape index (κ1) is 31.0. The number of halogens is 1. The Bertz CT molecular complexity index is 2050. The minimum atomic E-state index is -4.27. The van der Waals surface area contributed by atoms with Gasteiger partial charge >= 0.3 is 13.6 Å². The van der Waals surface area contributed by atoms with Gasteiger partial charge in [0.2, 0.25) is 11.2 Å². The monoisotopic (exact) mass is 736 g/mol. The predicted octanol–water partition coefficient (Wildman–Crippen LogP) is 0.867. The fraction of sp³-hybridized carbons (Fsp3) is 0.524. The molecule has 1 saturated carbocycles. The van der Waals surface area contributed by atoms with Crippen molar-refractivity contribution >= 4 is 83.8 Å². The van der Waals surface area contributed by atoms with Gasteiger partial charge in [0.25, 0.3) is 5.56 Å². The van der Waals surface area contributed by atoms with Gasteiger partial charge in [-0.15, -0.1) is 0 Å². The maximum Gasteiger partial charge on any atom is 0.386 e. The third-order valence-electron chi connectivity index (χ3n) is 8.14. The highest BCUT2D eigenvalue weighted by molar-refractivity contribution is 8.44. The molecule has 6 unspecified atom stereocenters. The summed E-state index contributed by atoms with van der Waals surface area (Å²) in [5.74, 6) is -0.530. The Hall–Kier alpha value is -2.33. The van der Waals surface area contributed by atoms with E-state index in [-0.39, 0.29) is 40.9 Å². The number of fused-ring (bicyclic) bond motifs is 7. The number of nitrogen functional groups attached to an aromatic ring is 2. The molecule has 2 bridgehead atoms. The number of H-pyrrole nitrogens is 1. The second kappa shape index (κ2) is 10.8. The standard InChI is InChI=1S/C21H23ClN10O10P2S2/c22-20-27-15(23)8-16(28-20)31(3-25-8)10-7-12-6(39-13(7)10)2-38-44(36,46)42-14-11(33)5(1-37-43(35,45)41-12)40-19(14)32-4-26-9-17(32)29-21(24)30-18(9)34/h3-7,10-14,19,33H,1-2H2,(H,35,45)(H,36,46)(H2,23,27,28)(H3,24,29,30,34)/t5-,6-,7?,10?,11?,12?,13?,14?,19-,43+,44-/m1/s1. The molecule has 246 valence electrons. The summed E-state index contributed by atoms with van der Waals surface area (Å²) in [4.78, 5) is 35.2. The van der Waals surface area contributed by atoms with Crippen molar-refractivity contribution in [2.45, 2.75) is 48.9 Å². The first-order valence-corrected chi connectivity index (χ1v) is 19.3. The molecule has 4 aliphatic rings. The average molecular weight is 737 g/mol. The number of aromatic nitrogens is 8. The number of nitrogens with two attached hydrogens (primary N) is 2. The van der Waals surface area contributed by atoms with E-state index in [1.165, 1.54) is 17.2 Å². The molecule has 4 fully saturated rings. The fourth-order valence-corrected chi connectivity index (χ4v) is 9.28. The maximum absolute atomic E-state index is 13.6. The molecule has 6 N–H and O–H groups in total. The summed E-state index contributed by atoms with van der Waals surface area (Å²) in [6, 6.07) is -0.387. The van der Waals surface area contributed by atoms with E-state index in [2.05, 4.69) is 54.4 Å². The second-order valence-corrected chi connectivity index (χ2v) is 17.0. The summed E-state index contributed by atoms with van der Waals surface area (Å²) in [5.41, 5.74) is 11.6. The lowest BCUT2D eigenvalue weighted by atomic mass is 10.1. The first-order chi connectivity index (χ1) is 21.8. The van der Waals surface area contributed by atoms with Crippen molar-refractivity contribution in [2.75, 3.05) is 24.7 Å². The fourth-order valence-electron chi connectivity index (χ4n) is 6.14. The van der Waals surface area contributed by atoms with Gasteiger partial charge in [0.1, 0.15) is 36.0 Å². The quantitative estimate of drug-likeness (QED) is 0.0946. The van der Waals surface area contributed by atoms with Crippen LogP contribution in [0.3, 0.4) is 0 Å². The zero-order valence-corrected chi connectivity index (χ0v) is 27.2. The SMILES string of the molecule is Nc1nc2c(ncn2[C@@H]2O[C@@H]3CO[P@](=O)(S)OC4C5C(O[C@@H]4CO[P@@](=O)(S)OC2C3O)C5n2cnc3c(N)nc(Cl)nc32)c(=O)[nH]1. The van der Waals surface area contributed by atoms with E-state index in [9.17, 15) is 19.0 Å². The Morgan fingerprint density at radius 3 is 2.33 bits per heavy atom. The molecule has 0 radical (unpaired) electrons. The Morgan fingerprint density at radius 2 is 1.57 bits per heavy atom. The number of nitrogens with zero attached hydrogens (tertiary/aromatic N) is 7. The minimum Gasteiger partial charge on any atom is -0.387 e. The Labute approximate surface area is 271 Å². The second-order valence-electron chi connectivity index (χ2n) is 10.9. The topological polar surface area (TPSA) is 269 Å². The average Bonchev–Trinajstić information content (AvgIpc) is 3.36. The normalized spacial score (nSPS) is 39.4. The van der Waals surface area contributed by atoms with Crippen molar-refractivity contribution in [2.24, 2.45) is 5.92 Å². The molecule has 3 saturated heterocycles. The molecule has 11 atom stereocenters. The van der Waals surface area contributed by atoms with Gasteiger partial charge in [-0.05, 0) is 11.6 Å². The number of hydrogen-bond donors (Lipinski definition) is 6. The number of aliphatic hydroxyl groups excluding tert-OH is 1. The van der Waals surface area contributed by atoms with E-state index in [1.807, 2.05) is 0 Å². The van der Waals surface area contributed by atoms with Gasteiger partial charge in [-0.1, -0.05) is 24.5 Å². The molecule has 4 aromatic rings. The number of rotatable bonds is 2. The van der Waals surface area contributed by atoms with Crippen LogP contribution in [-0.4, -0.2) is 94.0 Å². The molecule has 0 spiro atoms. The van der Waals surface area contributed by atoms with Crippen molar-refractivity contribution in [1.82, 2.24) is 39.0 Å². The number of nitrogens with one attached hydrogen (secondary N) is 1. The number of hydrogen-bond acceptors (Lipinski definition) is 17. The van der Waals surface area contributed by atoms with Gasteiger partial charge in [-0.2, -0.15) is 15.0 Å². The van der Waals surface area contributed by atoms with Crippen LogP contribution in [0.15, 0.2) is 17.4 Å². The zero-order chi connectivity index (χ0) is 32.3. The van der Waals surface area contributed by atoms with E-state index in [0.29, 0.717) is 11.2 Å². The third kappa shape index (κ3) is 5.15. The summed E-state index contributed by atoms with van der Waals surface area (Å²) >= 11 is 14.3. The van der Waals surface area contributed by atoms with Crippen LogP contribution in [0, 0.1) is 5.92 Å². The smallest absolute Gasteiger partial charge is 0.386 e. The predicted molar refractivity (Wildman–Crippen MR) is 163 cm³/mol. The Balaban J connectivity index is 1.08. The molecular weight excluding hydrogens is 714 g/mol. The molecule has 8 rings (SSSR count). The molecule has 46 heavy (non-hydrogen) atoms. The number of ether oxygens (including phenoxy) is 2. The summed E-state index contributed by atoms with van der Waals surface area (Å²) in [6.07, 6.45) is -5.10. The van der Waals surface area contributed by atoms with Crippen LogP contribution in [0.2, 0.25) is 5.28 Å². The summed E-state index contributed by atoms with van der Waals surface area (Å²) in [5, 5.41) is 11.1. The van der Waals surface area contributed by atoms with Gasteiger partial charge in [-0.25, -0.2) is 19.1 Å². The molecule has 0 amide bonds. The molecule has 4 aromatic heterocycles. The van der Waals surface area contributed by atoms with Crippen LogP contribution in [0.25, 0.3) is 22.3 Å².